The second-order valence-electron chi connectivity index (χ2n) is 7.08. The first-order valence-corrected chi connectivity index (χ1v) is 9.18. The monoisotopic (exact) mass is 354 g/mol. The number of aliphatic imine (C=N–C) groups is 1. The molecule has 0 amide bonds. The molecule has 3 saturated carbocycles. The molecule has 0 saturated heterocycles. The van der Waals surface area contributed by atoms with E-state index in [2.05, 4.69) is 37.1 Å². The Morgan fingerprint density at radius 3 is 2.81 bits per heavy atom. The molecule has 0 aromatic carbocycles. The second-order valence-corrected chi connectivity index (χ2v) is 7.08. The summed E-state index contributed by atoms with van der Waals surface area (Å²) in [6.07, 6.45) is 10.7. The van der Waals surface area contributed by atoms with Crippen LogP contribution in [-0.4, -0.2) is 32.4 Å². The van der Waals surface area contributed by atoms with Crippen LogP contribution < -0.4 is 5.32 Å². The Morgan fingerprint density at radius 1 is 1.35 bits per heavy atom. The van der Waals surface area contributed by atoms with Crippen LogP contribution in [0.3, 0.4) is 0 Å². The van der Waals surface area contributed by atoms with Crippen molar-refractivity contribution in [3.8, 4) is 11.5 Å². The minimum atomic E-state index is -0.429. The predicted octanol–water partition coefficient (Wildman–Crippen LogP) is 4.36. The molecular formula is C19H23FN6. The van der Waals surface area contributed by atoms with E-state index in [4.69, 9.17) is 0 Å². The number of aromatic amines is 1. The zero-order chi connectivity index (χ0) is 18.1. The van der Waals surface area contributed by atoms with Crippen LogP contribution >= 0.6 is 0 Å². The third-order valence-electron chi connectivity index (χ3n) is 5.58. The smallest absolute Gasteiger partial charge is 0.183 e. The van der Waals surface area contributed by atoms with Gasteiger partial charge in [-0.15, -0.1) is 0 Å². The maximum atomic E-state index is 14.3. The molecule has 1 atom stereocenters. The summed E-state index contributed by atoms with van der Waals surface area (Å²) in [7, 11) is 0. The first kappa shape index (κ1) is 16.9. The third-order valence-corrected chi connectivity index (χ3v) is 5.58. The lowest BCUT2D eigenvalue weighted by atomic mass is 9.68. The van der Waals surface area contributed by atoms with Gasteiger partial charge in [-0.25, -0.2) is 19.4 Å². The Hall–Kier alpha value is -2.57. The average Bonchev–Trinajstić information content (AvgIpc) is 3.07. The third kappa shape index (κ3) is 3.02. The molecule has 0 radical (unpaired) electrons. The largest absolute Gasteiger partial charge is 0.364 e. The molecule has 0 spiro atoms. The second kappa shape index (κ2) is 6.97. The highest BCUT2D eigenvalue weighted by molar-refractivity contribution is 5.76. The molecule has 2 aromatic rings. The Bertz CT molecular complexity index is 835. The summed E-state index contributed by atoms with van der Waals surface area (Å²) in [4.78, 5) is 12.8. The Kier molecular flexibility index (Phi) is 4.53. The molecule has 6 nitrogen and oxygen atoms in total. The van der Waals surface area contributed by atoms with Gasteiger partial charge in [-0.3, -0.25) is 5.10 Å². The van der Waals surface area contributed by atoms with Crippen molar-refractivity contribution >= 4 is 23.9 Å². The van der Waals surface area contributed by atoms with Crippen LogP contribution in [0.1, 0.15) is 44.6 Å². The maximum Gasteiger partial charge on any atom is 0.183 e. The number of aromatic nitrogens is 4. The van der Waals surface area contributed by atoms with E-state index >= 15 is 0 Å². The van der Waals surface area contributed by atoms with Crippen molar-refractivity contribution in [3.05, 3.63) is 24.2 Å². The standard InChI is InChI=1S/C19H23FN6/c1-3-13-16(25-26-17(13)21-4-2)19-22-10-14(20)18(24-19)23-15-9-11-5-7-12(15)8-6-11/h3-4,10-12,15H,1,5-9H2,2H3,(H,25,26)(H,22,23,24). The summed E-state index contributed by atoms with van der Waals surface area (Å²) in [6, 6.07) is 0.292. The van der Waals surface area contributed by atoms with E-state index in [0.29, 0.717) is 34.9 Å². The number of halogens is 1. The molecule has 7 heteroatoms. The number of H-pyrrole nitrogens is 1. The Labute approximate surface area is 152 Å². The normalized spacial score (nSPS) is 24.9. The lowest BCUT2D eigenvalue weighted by Gasteiger charge is -2.42. The van der Waals surface area contributed by atoms with Gasteiger partial charge in [-0.05, 0) is 38.0 Å². The van der Waals surface area contributed by atoms with Crippen LogP contribution in [0, 0.1) is 17.7 Å². The molecule has 2 aromatic heterocycles. The zero-order valence-corrected chi connectivity index (χ0v) is 14.9. The molecule has 3 fully saturated rings. The van der Waals surface area contributed by atoms with E-state index < -0.39 is 5.82 Å². The summed E-state index contributed by atoms with van der Waals surface area (Å²) in [5, 5.41) is 10.4. The molecule has 26 heavy (non-hydrogen) atoms. The fourth-order valence-corrected chi connectivity index (χ4v) is 4.24. The summed E-state index contributed by atoms with van der Waals surface area (Å²) in [5.74, 6) is 2.11. The van der Waals surface area contributed by atoms with Gasteiger partial charge < -0.3 is 5.32 Å². The number of fused-ring (bicyclic) bond motifs is 3. The quantitative estimate of drug-likeness (QED) is 0.782. The van der Waals surface area contributed by atoms with Crippen LogP contribution in [0.2, 0.25) is 0 Å². The topological polar surface area (TPSA) is 78.8 Å². The van der Waals surface area contributed by atoms with Crippen molar-refractivity contribution in [1.29, 1.82) is 0 Å². The molecule has 3 aliphatic rings. The maximum absolute atomic E-state index is 14.3. The number of nitrogens with zero attached hydrogens (tertiary/aromatic N) is 4. The van der Waals surface area contributed by atoms with E-state index in [-0.39, 0.29) is 5.82 Å². The van der Waals surface area contributed by atoms with Gasteiger partial charge in [-0.2, -0.15) is 5.10 Å². The minimum Gasteiger partial charge on any atom is -0.364 e. The van der Waals surface area contributed by atoms with E-state index in [9.17, 15) is 4.39 Å². The highest BCUT2D eigenvalue weighted by Gasteiger charge is 2.36. The number of nitrogens with one attached hydrogen (secondary N) is 2. The van der Waals surface area contributed by atoms with Crippen molar-refractivity contribution < 1.29 is 4.39 Å². The van der Waals surface area contributed by atoms with Crippen LogP contribution in [0.25, 0.3) is 17.6 Å². The summed E-state index contributed by atoms with van der Waals surface area (Å²) in [5.41, 5.74) is 1.30. The molecule has 1 unspecified atom stereocenters. The molecule has 5 rings (SSSR count). The zero-order valence-electron chi connectivity index (χ0n) is 14.9. The average molecular weight is 354 g/mol. The highest BCUT2D eigenvalue weighted by Crippen LogP contribution is 2.42. The van der Waals surface area contributed by atoms with Gasteiger partial charge in [0.05, 0.1) is 6.20 Å². The van der Waals surface area contributed by atoms with Gasteiger partial charge in [-0.1, -0.05) is 25.5 Å². The number of anilines is 1. The number of rotatable bonds is 5. The molecule has 2 N–H and O–H groups in total. The lowest BCUT2D eigenvalue weighted by Crippen LogP contribution is -2.40. The van der Waals surface area contributed by atoms with E-state index in [0.717, 1.165) is 12.3 Å². The Morgan fingerprint density at radius 2 is 2.15 bits per heavy atom. The minimum absolute atomic E-state index is 0.262. The van der Waals surface area contributed by atoms with Crippen molar-refractivity contribution in [2.45, 2.75) is 45.1 Å². The van der Waals surface area contributed by atoms with Crippen LogP contribution in [0.5, 0.6) is 0 Å². The van der Waals surface area contributed by atoms with Crippen LogP contribution in [-0.2, 0) is 0 Å². The van der Waals surface area contributed by atoms with Crippen molar-refractivity contribution in [2.24, 2.45) is 16.8 Å². The predicted molar refractivity (Wildman–Crippen MR) is 101 cm³/mol. The molecule has 0 aliphatic heterocycles. The van der Waals surface area contributed by atoms with E-state index in [1.165, 1.54) is 31.9 Å². The molecular weight excluding hydrogens is 331 g/mol. The molecule has 136 valence electrons. The van der Waals surface area contributed by atoms with Crippen LogP contribution in [0.15, 0.2) is 17.8 Å². The highest BCUT2D eigenvalue weighted by atomic mass is 19.1. The van der Waals surface area contributed by atoms with Crippen molar-refractivity contribution in [3.63, 3.8) is 0 Å². The van der Waals surface area contributed by atoms with Gasteiger partial charge in [0.25, 0.3) is 0 Å². The summed E-state index contributed by atoms with van der Waals surface area (Å²) in [6.45, 7) is 5.63. The van der Waals surface area contributed by atoms with E-state index in [1.54, 1.807) is 12.3 Å². The van der Waals surface area contributed by atoms with Crippen molar-refractivity contribution in [1.82, 2.24) is 20.2 Å². The van der Waals surface area contributed by atoms with E-state index in [1.807, 2.05) is 6.92 Å². The van der Waals surface area contributed by atoms with Gasteiger partial charge in [0.1, 0.15) is 5.69 Å². The fourth-order valence-electron chi connectivity index (χ4n) is 4.24. The fraction of sp³-hybridized carbons (Fsp3) is 0.474. The van der Waals surface area contributed by atoms with Gasteiger partial charge in [0.2, 0.25) is 0 Å². The molecule has 3 aliphatic carbocycles. The van der Waals surface area contributed by atoms with Crippen LogP contribution in [0.4, 0.5) is 16.0 Å². The molecule has 2 heterocycles. The Balaban J connectivity index is 1.64. The number of hydrogen-bond donors (Lipinski definition) is 2. The first-order chi connectivity index (χ1) is 12.7. The SMILES string of the molecule is C=Cc1c(N=CC)n[nH]c1-c1ncc(F)c(NC2CC3CCC2CC3)n1. The van der Waals surface area contributed by atoms with Gasteiger partial charge in [0.15, 0.2) is 23.3 Å². The van der Waals surface area contributed by atoms with Gasteiger partial charge in [0, 0.05) is 17.8 Å². The summed E-state index contributed by atoms with van der Waals surface area (Å²) < 4.78 is 14.3. The van der Waals surface area contributed by atoms with Gasteiger partial charge >= 0.3 is 0 Å². The summed E-state index contributed by atoms with van der Waals surface area (Å²) >= 11 is 0. The molecule has 2 bridgehead atoms. The number of hydrogen-bond acceptors (Lipinski definition) is 5. The lowest BCUT2D eigenvalue weighted by molar-refractivity contribution is 0.157. The van der Waals surface area contributed by atoms with Crippen molar-refractivity contribution in [2.75, 3.05) is 5.32 Å². The first-order valence-electron chi connectivity index (χ1n) is 9.18.